The Hall–Kier alpha value is -0.840. The third-order valence-electron chi connectivity index (χ3n) is 3.57. The Morgan fingerprint density at radius 2 is 2.11 bits per heavy atom. The number of nitrogens with one attached hydrogen (secondary N) is 1. The molecule has 1 fully saturated rings. The van der Waals surface area contributed by atoms with Crippen LogP contribution >= 0.6 is 0 Å². The Labute approximate surface area is 110 Å². The van der Waals surface area contributed by atoms with Crippen LogP contribution in [0, 0.1) is 0 Å². The van der Waals surface area contributed by atoms with E-state index in [1.165, 1.54) is 38.2 Å². The summed E-state index contributed by atoms with van der Waals surface area (Å²) in [7, 11) is 1.74. The molecule has 0 saturated carbocycles. The summed E-state index contributed by atoms with van der Waals surface area (Å²) in [6, 6.07) is 4.33. The number of aromatic nitrogens is 1. The van der Waals surface area contributed by atoms with E-state index in [2.05, 4.69) is 33.1 Å². The highest BCUT2D eigenvalue weighted by Crippen LogP contribution is 2.08. The molecule has 0 radical (unpaired) electrons. The molecular formula is C14H25N3O. The lowest BCUT2D eigenvalue weighted by Gasteiger charge is -2.16. The van der Waals surface area contributed by atoms with Gasteiger partial charge in [0, 0.05) is 45.2 Å². The van der Waals surface area contributed by atoms with Gasteiger partial charge in [-0.1, -0.05) is 0 Å². The van der Waals surface area contributed by atoms with Crippen molar-refractivity contribution in [1.29, 1.82) is 0 Å². The largest absolute Gasteiger partial charge is 0.383 e. The number of methoxy groups -OCH3 is 1. The predicted molar refractivity (Wildman–Crippen MR) is 73.7 cm³/mol. The van der Waals surface area contributed by atoms with Gasteiger partial charge < -0.3 is 19.5 Å². The van der Waals surface area contributed by atoms with Gasteiger partial charge in [0.2, 0.25) is 0 Å². The van der Waals surface area contributed by atoms with Crippen molar-refractivity contribution in [2.75, 3.05) is 39.9 Å². The highest BCUT2D eigenvalue weighted by molar-refractivity contribution is 5.07. The Bertz CT molecular complexity index is 332. The number of ether oxygens (including phenoxy) is 1. The van der Waals surface area contributed by atoms with E-state index < -0.39 is 0 Å². The second kappa shape index (κ2) is 7.56. The zero-order chi connectivity index (χ0) is 12.6. The zero-order valence-corrected chi connectivity index (χ0v) is 11.4. The molecule has 0 bridgehead atoms. The fourth-order valence-corrected chi connectivity index (χ4v) is 2.47. The van der Waals surface area contributed by atoms with Crippen molar-refractivity contribution in [2.45, 2.75) is 25.9 Å². The van der Waals surface area contributed by atoms with Crippen LogP contribution in [0.4, 0.5) is 0 Å². The lowest BCUT2D eigenvalue weighted by Crippen LogP contribution is -2.25. The molecule has 0 aromatic carbocycles. The average Bonchev–Trinajstić information content (AvgIpc) is 3.03. The molecule has 18 heavy (non-hydrogen) atoms. The molecule has 1 aromatic rings. The van der Waals surface area contributed by atoms with Crippen molar-refractivity contribution in [3.05, 3.63) is 24.0 Å². The summed E-state index contributed by atoms with van der Waals surface area (Å²) in [5.74, 6) is 0. The number of nitrogens with zero attached hydrogens (tertiary/aromatic N) is 2. The maximum atomic E-state index is 5.03. The van der Waals surface area contributed by atoms with Crippen molar-refractivity contribution >= 4 is 0 Å². The van der Waals surface area contributed by atoms with Gasteiger partial charge in [-0.25, -0.2) is 0 Å². The van der Waals surface area contributed by atoms with Crippen molar-refractivity contribution in [3.8, 4) is 0 Å². The fourth-order valence-electron chi connectivity index (χ4n) is 2.47. The van der Waals surface area contributed by atoms with Crippen molar-refractivity contribution in [1.82, 2.24) is 14.8 Å². The van der Waals surface area contributed by atoms with E-state index in [1.54, 1.807) is 7.11 Å². The quantitative estimate of drug-likeness (QED) is 0.707. The maximum Gasteiger partial charge on any atom is 0.0587 e. The van der Waals surface area contributed by atoms with Crippen LogP contribution in [0.15, 0.2) is 18.3 Å². The second-order valence-corrected chi connectivity index (χ2v) is 4.91. The molecule has 4 heteroatoms. The number of hydrogen-bond donors (Lipinski definition) is 1. The summed E-state index contributed by atoms with van der Waals surface area (Å²) in [4.78, 5) is 2.56. The molecule has 1 saturated heterocycles. The van der Waals surface area contributed by atoms with Gasteiger partial charge in [0.05, 0.1) is 6.61 Å². The first-order chi connectivity index (χ1) is 8.90. The molecule has 0 unspecified atom stereocenters. The summed E-state index contributed by atoms with van der Waals surface area (Å²) >= 11 is 0. The van der Waals surface area contributed by atoms with Crippen LogP contribution in [0.2, 0.25) is 0 Å². The van der Waals surface area contributed by atoms with E-state index in [4.69, 9.17) is 4.74 Å². The van der Waals surface area contributed by atoms with Crippen LogP contribution < -0.4 is 5.32 Å². The molecule has 2 heterocycles. The molecule has 0 aliphatic carbocycles. The molecule has 102 valence electrons. The normalized spacial score (nSPS) is 16.5. The molecule has 4 nitrogen and oxygen atoms in total. The van der Waals surface area contributed by atoms with Gasteiger partial charge in [0.1, 0.15) is 0 Å². The monoisotopic (exact) mass is 251 g/mol. The lowest BCUT2D eigenvalue weighted by molar-refractivity contribution is 0.199. The molecule has 1 N–H and O–H groups in total. The summed E-state index contributed by atoms with van der Waals surface area (Å²) in [6.45, 7) is 7.46. The summed E-state index contributed by atoms with van der Waals surface area (Å²) in [5.41, 5.74) is 1.37. The molecule has 2 rings (SSSR count). The highest BCUT2D eigenvalue weighted by Gasteiger charge is 2.11. The highest BCUT2D eigenvalue weighted by atomic mass is 16.5. The van der Waals surface area contributed by atoms with Crippen molar-refractivity contribution < 1.29 is 4.74 Å². The minimum Gasteiger partial charge on any atom is -0.383 e. The van der Waals surface area contributed by atoms with Gasteiger partial charge in [0.15, 0.2) is 0 Å². The topological polar surface area (TPSA) is 29.4 Å². The number of rotatable bonds is 8. The number of likely N-dealkylation sites (tertiary alicyclic amines) is 1. The van der Waals surface area contributed by atoms with E-state index in [-0.39, 0.29) is 0 Å². The van der Waals surface area contributed by atoms with Gasteiger partial charge in [-0.05, 0) is 38.1 Å². The fraction of sp³-hybridized carbons (Fsp3) is 0.714. The Kier molecular flexibility index (Phi) is 5.71. The number of hydrogen-bond acceptors (Lipinski definition) is 3. The van der Waals surface area contributed by atoms with E-state index in [0.29, 0.717) is 0 Å². The Balaban J connectivity index is 1.72. The van der Waals surface area contributed by atoms with Crippen LogP contribution in [0.25, 0.3) is 0 Å². The van der Waals surface area contributed by atoms with Gasteiger partial charge in [-0.15, -0.1) is 0 Å². The summed E-state index contributed by atoms with van der Waals surface area (Å²) in [6.07, 6.45) is 4.93. The second-order valence-electron chi connectivity index (χ2n) is 4.91. The minimum absolute atomic E-state index is 0.772. The van der Waals surface area contributed by atoms with E-state index in [0.717, 1.165) is 26.2 Å². The molecule has 0 amide bonds. The van der Waals surface area contributed by atoms with Crippen LogP contribution in [0.3, 0.4) is 0 Å². The van der Waals surface area contributed by atoms with E-state index >= 15 is 0 Å². The van der Waals surface area contributed by atoms with Crippen molar-refractivity contribution in [3.63, 3.8) is 0 Å². The van der Waals surface area contributed by atoms with Crippen LogP contribution in [-0.4, -0.2) is 49.4 Å². The lowest BCUT2D eigenvalue weighted by atomic mass is 10.4. The first-order valence-corrected chi connectivity index (χ1v) is 6.96. The van der Waals surface area contributed by atoms with Crippen LogP contribution in [-0.2, 0) is 17.8 Å². The first-order valence-electron chi connectivity index (χ1n) is 6.96. The van der Waals surface area contributed by atoms with E-state index in [1.807, 2.05) is 0 Å². The molecule has 0 spiro atoms. The van der Waals surface area contributed by atoms with Gasteiger partial charge in [-0.3, -0.25) is 0 Å². The average molecular weight is 251 g/mol. The zero-order valence-electron chi connectivity index (χ0n) is 11.4. The standard InChI is InChI=1S/C14H25N3O/c1-18-12-6-15-13-14-5-4-9-17(14)11-10-16-7-2-3-8-16/h4-5,9,15H,2-3,6-8,10-13H2,1H3. The SMILES string of the molecule is COCCNCc1cccn1CCN1CCCC1. The molecule has 1 aliphatic heterocycles. The maximum absolute atomic E-state index is 5.03. The van der Waals surface area contributed by atoms with Gasteiger partial charge in [0.25, 0.3) is 0 Å². The molecular weight excluding hydrogens is 226 g/mol. The van der Waals surface area contributed by atoms with E-state index in [9.17, 15) is 0 Å². The van der Waals surface area contributed by atoms with Crippen LogP contribution in [0.5, 0.6) is 0 Å². The molecule has 1 aliphatic rings. The Morgan fingerprint density at radius 3 is 2.89 bits per heavy atom. The van der Waals surface area contributed by atoms with Gasteiger partial charge in [-0.2, -0.15) is 0 Å². The summed E-state index contributed by atoms with van der Waals surface area (Å²) in [5, 5.41) is 3.40. The molecule has 1 aromatic heterocycles. The minimum atomic E-state index is 0.772. The van der Waals surface area contributed by atoms with Crippen LogP contribution in [0.1, 0.15) is 18.5 Å². The predicted octanol–water partition coefficient (Wildman–Crippen LogP) is 1.32. The molecule has 0 atom stereocenters. The smallest absolute Gasteiger partial charge is 0.0587 e. The van der Waals surface area contributed by atoms with Crippen molar-refractivity contribution in [2.24, 2.45) is 0 Å². The third kappa shape index (κ3) is 4.12. The Morgan fingerprint density at radius 1 is 1.28 bits per heavy atom. The first kappa shape index (κ1) is 13.6. The van der Waals surface area contributed by atoms with Gasteiger partial charge >= 0.3 is 0 Å². The third-order valence-corrected chi connectivity index (χ3v) is 3.57. The summed E-state index contributed by atoms with van der Waals surface area (Å²) < 4.78 is 7.39.